The number of benzene rings is 1. The molecule has 1 aliphatic heterocycles. The molecule has 0 spiro atoms. The standard InChI is InChI=1S/C13H17FN2O2/c1-8-4-9(7-15-6-8)16-13(18)11-3-2-10(17)5-12(11)14/h2-3,5,8-9,15,17H,4,6-7H2,1H3,(H,16,18). The minimum absolute atomic E-state index is 0.0226. The summed E-state index contributed by atoms with van der Waals surface area (Å²) in [5.74, 6) is -0.830. The number of phenols is 1. The summed E-state index contributed by atoms with van der Waals surface area (Å²) in [4.78, 5) is 11.9. The lowest BCUT2D eigenvalue weighted by Crippen LogP contribution is -2.48. The summed E-state index contributed by atoms with van der Waals surface area (Å²) in [5.41, 5.74) is -0.0361. The molecule has 98 valence electrons. The minimum Gasteiger partial charge on any atom is -0.508 e. The predicted molar refractivity (Wildman–Crippen MR) is 66.0 cm³/mol. The number of phenolic OH excluding ortho intramolecular Hbond substituents is 1. The van der Waals surface area contributed by atoms with Crippen LogP contribution in [0.1, 0.15) is 23.7 Å². The first-order valence-electron chi connectivity index (χ1n) is 6.06. The van der Waals surface area contributed by atoms with Crippen LogP contribution in [0.25, 0.3) is 0 Å². The number of amides is 1. The molecule has 18 heavy (non-hydrogen) atoms. The van der Waals surface area contributed by atoms with Gasteiger partial charge in [0, 0.05) is 18.7 Å². The Kier molecular flexibility index (Phi) is 3.81. The molecule has 1 amide bonds. The minimum atomic E-state index is -0.704. The van der Waals surface area contributed by atoms with Crippen LogP contribution in [0.4, 0.5) is 4.39 Å². The fraction of sp³-hybridized carbons (Fsp3) is 0.462. The van der Waals surface area contributed by atoms with Crippen LogP contribution in [0, 0.1) is 11.7 Å². The Morgan fingerprint density at radius 1 is 1.50 bits per heavy atom. The highest BCUT2D eigenvalue weighted by Crippen LogP contribution is 2.16. The van der Waals surface area contributed by atoms with Gasteiger partial charge in [-0.3, -0.25) is 4.79 Å². The van der Waals surface area contributed by atoms with Gasteiger partial charge in [0.15, 0.2) is 0 Å². The SMILES string of the molecule is CC1CNCC(NC(=O)c2ccc(O)cc2F)C1. The second kappa shape index (κ2) is 5.35. The number of hydrogen-bond donors (Lipinski definition) is 3. The van der Waals surface area contributed by atoms with Gasteiger partial charge in [0.25, 0.3) is 5.91 Å². The van der Waals surface area contributed by atoms with Gasteiger partial charge >= 0.3 is 0 Å². The number of hydrogen-bond acceptors (Lipinski definition) is 3. The Hall–Kier alpha value is -1.62. The van der Waals surface area contributed by atoms with E-state index in [1.807, 2.05) is 0 Å². The summed E-state index contributed by atoms with van der Waals surface area (Å²) < 4.78 is 13.5. The first-order chi connectivity index (χ1) is 8.56. The van der Waals surface area contributed by atoms with Gasteiger partial charge in [-0.05, 0) is 31.0 Å². The molecule has 1 fully saturated rings. The fourth-order valence-corrected chi connectivity index (χ4v) is 2.22. The molecule has 1 heterocycles. The predicted octanol–water partition coefficient (Wildman–Crippen LogP) is 1.26. The molecule has 1 aromatic carbocycles. The first-order valence-corrected chi connectivity index (χ1v) is 6.06. The van der Waals surface area contributed by atoms with E-state index in [1.165, 1.54) is 12.1 Å². The third-order valence-electron chi connectivity index (χ3n) is 3.10. The fourth-order valence-electron chi connectivity index (χ4n) is 2.22. The molecule has 0 radical (unpaired) electrons. The smallest absolute Gasteiger partial charge is 0.254 e. The first kappa shape index (κ1) is 12.8. The molecule has 2 rings (SSSR count). The second-order valence-electron chi connectivity index (χ2n) is 4.83. The molecule has 2 unspecified atom stereocenters. The van der Waals surface area contributed by atoms with Crippen molar-refractivity contribution in [2.45, 2.75) is 19.4 Å². The summed E-state index contributed by atoms with van der Waals surface area (Å²) >= 11 is 0. The highest BCUT2D eigenvalue weighted by Gasteiger charge is 2.21. The number of piperidine rings is 1. The Morgan fingerprint density at radius 2 is 2.28 bits per heavy atom. The van der Waals surface area contributed by atoms with Crippen molar-refractivity contribution in [2.75, 3.05) is 13.1 Å². The normalized spacial score (nSPS) is 23.7. The van der Waals surface area contributed by atoms with Gasteiger partial charge in [0.05, 0.1) is 5.56 Å². The van der Waals surface area contributed by atoms with Crippen molar-refractivity contribution in [1.29, 1.82) is 0 Å². The Balaban J connectivity index is 2.03. The summed E-state index contributed by atoms with van der Waals surface area (Å²) in [7, 11) is 0. The van der Waals surface area contributed by atoms with Gasteiger partial charge in [-0.15, -0.1) is 0 Å². The van der Waals surface area contributed by atoms with E-state index in [9.17, 15) is 9.18 Å². The summed E-state index contributed by atoms with van der Waals surface area (Å²) in [6.07, 6.45) is 0.887. The van der Waals surface area contributed by atoms with Crippen molar-refractivity contribution >= 4 is 5.91 Å². The van der Waals surface area contributed by atoms with Gasteiger partial charge < -0.3 is 15.7 Å². The molecule has 0 saturated carbocycles. The zero-order valence-electron chi connectivity index (χ0n) is 10.2. The number of rotatable bonds is 2. The average Bonchev–Trinajstić information content (AvgIpc) is 2.28. The van der Waals surface area contributed by atoms with E-state index in [-0.39, 0.29) is 17.4 Å². The molecule has 0 aromatic heterocycles. The van der Waals surface area contributed by atoms with Gasteiger partial charge in [0.1, 0.15) is 11.6 Å². The van der Waals surface area contributed by atoms with Crippen LogP contribution in [0.15, 0.2) is 18.2 Å². The monoisotopic (exact) mass is 252 g/mol. The number of nitrogens with one attached hydrogen (secondary N) is 2. The van der Waals surface area contributed by atoms with Crippen molar-refractivity contribution in [3.63, 3.8) is 0 Å². The van der Waals surface area contributed by atoms with Gasteiger partial charge in [-0.2, -0.15) is 0 Å². The van der Waals surface area contributed by atoms with Crippen molar-refractivity contribution in [2.24, 2.45) is 5.92 Å². The average molecular weight is 252 g/mol. The van der Waals surface area contributed by atoms with Crippen LogP contribution in [-0.2, 0) is 0 Å². The van der Waals surface area contributed by atoms with E-state index < -0.39 is 11.7 Å². The molecule has 3 N–H and O–H groups in total. The number of carbonyl (C=O) groups is 1. The number of carbonyl (C=O) groups excluding carboxylic acids is 1. The van der Waals surface area contributed by atoms with Crippen LogP contribution < -0.4 is 10.6 Å². The maximum Gasteiger partial charge on any atom is 0.254 e. The van der Waals surface area contributed by atoms with Crippen LogP contribution in [0.5, 0.6) is 5.75 Å². The third-order valence-corrected chi connectivity index (χ3v) is 3.10. The second-order valence-corrected chi connectivity index (χ2v) is 4.83. The van der Waals surface area contributed by atoms with Crippen LogP contribution in [-0.4, -0.2) is 30.1 Å². The van der Waals surface area contributed by atoms with Crippen molar-refractivity contribution in [1.82, 2.24) is 10.6 Å². The summed E-state index contributed by atoms with van der Waals surface area (Å²) in [5, 5.41) is 15.1. The van der Waals surface area contributed by atoms with Crippen LogP contribution in [0.2, 0.25) is 0 Å². The molecule has 2 atom stereocenters. The zero-order chi connectivity index (χ0) is 13.1. The third kappa shape index (κ3) is 2.98. The lowest BCUT2D eigenvalue weighted by atomic mass is 9.97. The molecule has 1 saturated heterocycles. The highest BCUT2D eigenvalue weighted by atomic mass is 19.1. The van der Waals surface area contributed by atoms with Crippen LogP contribution >= 0.6 is 0 Å². The zero-order valence-corrected chi connectivity index (χ0v) is 10.2. The molecular formula is C13H17FN2O2. The van der Waals surface area contributed by atoms with Gasteiger partial charge in [-0.1, -0.05) is 6.92 Å². The number of aromatic hydroxyl groups is 1. The van der Waals surface area contributed by atoms with E-state index in [0.717, 1.165) is 19.0 Å². The Bertz CT molecular complexity index is 451. The summed E-state index contributed by atoms with van der Waals surface area (Å²) in [6.45, 7) is 3.75. The topological polar surface area (TPSA) is 61.4 Å². The molecule has 0 aliphatic carbocycles. The van der Waals surface area contributed by atoms with E-state index >= 15 is 0 Å². The van der Waals surface area contributed by atoms with E-state index in [2.05, 4.69) is 17.6 Å². The molecular weight excluding hydrogens is 235 g/mol. The van der Waals surface area contributed by atoms with E-state index in [1.54, 1.807) is 0 Å². The lowest BCUT2D eigenvalue weighted by Gasteiger charge is -2.28. The molecule has 0 bridgehead atoms. The largest absolute Gasteiger partial charge is 0.508 e. The molecule has 5 heteroatoms. The molecule has 1 aromatic rings. The Morgan fingerprint density at radius 3 is 2.94 bits per heavy atom. The van der Waals surface area contributed by atoms with Gasteiger partial charge in [0.2, 0.25) is 0 Å². The van der Waals surface area contributed by atoms with Gasteiger partial charge in [-0.25, -0.2) is 4.39 Å². The van der Waals surface area contributed by atoms with Crippen molar-refractivity contribution < 1.29 is 14.3 Å². The lowest BCUT2D eigenvalue weighted by molar-refractivity contribution is 0.0921. The number of halogens is 1. The van der Waals surface area contributed by atoms with E-state index in [0.29, 0.717) is 12.5 Å². The van der Waals surface area contributed by atoms with Crippen molar-refractivity contribution in [3.05, 3.63) is 29.6 Å². The molecule has 1 aliphatic rings. The van der Waals surface area contributed by atoms with Crippen LogP contribution in [0.3, 0.4) is 0 Å². The highest BCUT2D eigenvalue weighted by molar-refractivity contribution is 5.94. The molecule has 4 nitrogen and oxygen atoms in total. The van der Waals surface area contributed by atoms with Crippen molar-refractivity contribution in [3.8, 4) is 5.75 Å². The maximum atomic E-state index is 13.5. The Labute approximate surface area is 105 Å². The van der Waals surface area contributed by atoms with E-state index in [4.69, 9.17) is 5.11 Å². The quantitative estimate of drug-likeness (QED) is 0.742. The summed E-state index contributed by atoms with van der Waals surface area (Å²) in [6, 6.07) is 3.56. The maximum absolute atomic E-state index is 13.5.